The highest BCUT2D eigenvalue weighted by atomic mass is 127. The first kappa shape index (κ1) is 15.1. The number of imidazole rings is 1. The number of carboxylic acid groups (broad SMARTS) is 1. The molecule has 0 unspecified atom stereocenters. The minimum absolute atomic E-state index is 0.0421. The van der Waals surface area contributed by atoms with Gasteiger partial charge in [-0.1, -0.05) is 18.7 Å². The Labute approximate surface area is 139 Å². The van der Waals surface area contributed by atoms with Crippen LogP contribution in [0.25, 0.3) is 11.0 Å². The predicted molar refractivity (Wildman–Crippen MR) is 88.1 cm³/mol. The third kappa shape index (κ3) is 3.18. The minimum atomic E-state index is -0.878. The summed E-state index contributed by atoms with van der Waals surface area (Å²) >= 11 is 3.13. The lowest BCUT2D eigenvalue weighted by Crippen LogP contribution is -2.10. The minimum Gasteiger partial charge on any atom is -0.481 e. The molecule has 1 aromatic carbocycles. The topological polar surface area (TPSA) is 55.1 Å². The molecular formula is C14H14FIN2O2S. The average molecular weight is 420 g/mol. The van der Waals surface area contributed by atoms with Crippen molar-refractivity contribution in [1.82, 2.24) is 9.55 Å². The van der Waals surface area contributed by atoms with Crippen LogP contribution >= 0.6 is 34.4 Å². The van der Waals surface area contributed by atoms with Crippen LogP contribution in [0.3, 0.4) is 0 Å². The fourth-order valence-corrected chi connectivity index (χ4v) is 3.43. The lowest BCUT2D eigenvalue weighted by atomic mass is 10.1. The van der Waals surface area contributed by atoms with E-state index in [4.69, 9.17) is 5.11 Å². The van der Waals surface area contributed by atoms with E-state index in [2.05, 4.69) is 11.9 Å². The van der Waals surface area contributed by atoms with E-state index in [1.807, 2.05) is 27.2 Å². The second-order valence-electron chi connectivity index (χ2n) is 5.73. The number of aliphatic carboxylic acids is 1. The smallest absolute Gasteiger partial charge is 0.313 e. The summed E-state index contributed by atoms with van der Waals surface area (Å²) < 4.78 is 16.3. The third-order valence-electron chi connectivity index (χ3n) is 3.72. The molecule has 2 aromatic rings. The summed E-state index contributed by atoms with van der Waals surface area (Å²) in [6.45, 7) is 2.94. The Morgan fingerprint density at radius 1 is 1.57 bits per heavy atom. The lowest BCUT2D eigenvalue weighted by molar-refractivity contribution is -0.133. The summed E-state index contributed by atoms with van der Waals surface area (Å²) in [7, 11) is 0. The van der Waals surface area contributed by atoms with E-state index < -0.39 is 5.97 Å². The molecule has 0 aliphatic heterocycles. The molecule has 0 amide bonds. The second kappa shape index (κ2) is 5.42. The third-order valence-corrected chi connectivity index (χ3v) is 5.51. The van der Waals surface area contributed by atoms with E-state index >= 15 is 0 Å². The first-order chi connectivity index (χ1) is 9.88. The number of hydrogen-bond donors (Lipinski definition) is 1. The molecule has 1 aliphatic rings. The molecule has 1 fully saturated rings. The van der Waals surface area contributed by atoms with Crippen molar-refractivity contribution in [2.24, 2.45) is 5.41 Å². The molecule has 0 atom stereocenters. The molecule has 21 heavy (non-hydrogen) atoms. The van der Waals surface area contributed by atoms with Crippen molar-refractivity contribution < 1.29 is 14.3 Å². The van der Waals surface area contributed by atoms with Gasteiger partial charge >= 0.3 is 5.97 Å². The Hall–Kier alpha value is -0.830. The molecule has 1 aliphatic carbocycles. The first-order valence-electron chi connectivity index (χ1n) is 6.58. The van der Waals surface area contributed by atoms with Crippen molar-refractivity contribution >= 4 is 51.4 Å². The zero-order valence-corrected chi connectivity index (χ0v) is 14.4. The molecule has 112 valence electrons. The molecule has 1 saturated carbocycles. The summed E-state index contributed by atoms with van der Waals surface area (Å²) in [4.78, 5) is 15.3. The van der Waals surface area contributed by atoms with Gasteiger partial charge < -0.3 is 9.67 Å². The van der Waals surface area contributed by atoms with Crippen LogP contribution in [-0.4, -0.2) is 26.4 Å². The van der Waals surface area contributed by atoms with Crippen LogP contribution in [-0.2, 0) is 11.3 Å². The highest BCUT2D eigenvalue weighted by Crippen LogP contribution is 2.47. The molecular weight excluding hydrogens is 406 g/mol. The van der Waals surface area contributed by atoms with Crippen molar-refractivity contribution in [1.29, 1.82) is 0 Å². The zero-order valence-electron chi connectivity index (χ0n) is 11.4. The van der Waals surface area contributed by atoms with Crippen molar-refractivity contribution in [3.05, 3.63) is 21.5 Å². The SMILES string of the molecule is CC1(Cn2c(SCC(=O)O)nc3cc(I)c(F)cc32)CC1. The Morgan fingerprint density at radius 2 is 2.29 bits per heavy atom. The molecule has 4 nitrogen and oxygen atoms in total. The maximum atomic E-state index is 13.9. The van der Waals surface area contributed by atoms with Gasteiger partial charge in [-0.2, -0.15) is 0 Å². The quantitative estimate of drug-likeness (QED) is 0.592. The van der Waals surface area contributed by atoms with Crippen LogP contribution in [0.1, 0.15) is 19.8 Å². The van der Waals surface area contributed by atoms with Gasteiger partial charge in [-0.05, 0) is 46.9 Å². The fourth-order valence-electron chi connectivity index (χ4n) is 2.24. The van der Waals surface area contributed by atoms with Crippen LogP contribution in [0, 0.1) is 14.8 Å². The molecule has 0 bridgehead atoms. The summed E-state index contributed by atoms with van der Waals surface area (Å²) in [5.74, 6) is -1.18. The fraction of sp³-hybridized carbons (Fsp3) is 0.429. The number of rotatable bonds is 5. The maximum absolute atomic E-state index is 13.9. The monoisotopic (exact) mass is 420 g/mol. The number of fused-ring (bicyclic) bond motifs is 1. The second-order valence-corrected chi connectivity index (χ2v) is 7.83. The number of benzene rings is 1. The van der Waals surface area contributed by atoms with Gasteiger partial charge in [0.05, 0.1) is 20.4 Å². The van der Waals surface area contributed by atoms with E-state index in [0.717, 1.165) is 30.4 Å². The number of carboxylic acids is 1. The van der Waals surface area contributed by atoms with Crippen LogP contribution < -0.4 is 0 Å². The van der Waals surface area contributed by atoms with Crippen LogP contribution in [0.4, 0.5) is 4.39 Å². The molecule has 0 radical (unpaired) electrons. The molecule has 0 saturated heterocycles. The van der Waals surface area contributed by atoms with Gasteiger partial charge in [0.2, 0.25) is 0 Å². The normalized spacial score (nSPS) is 16.3. The summed E-state index contributed by atoms with van der Waals surface area (Å²) in [5.41, 5.74) is 1.69. The Kier molecular flexibility index (Phi) is 3.89. The molecule has 1 heterocycles. The van der Waals surface area contributed by atoms with E-state index in [0.29, 0.717) is 8.73 Å². The molecule has 7 heteroatoms. The average Bonchev–Trinajstić information content (AvgIpc) is 3.05. The highest BCUT2D eigenvalue weighted by Gasteiger charge is 2.38. The van der Waals surface area contributed by atoms with Gasteiger partial charge in [0.25, 0.3) is 0 Å². The number of hydrogen-bond acceptors (Lipinski definition) is 3. The van der Waals surface area contributed by atoms with Gasteiger partial charge in [0, 0.05) is 12.6 Å². The maximum Gasteiger partial charge on any atom is 0.313 e. The van der Waals surface area contributed by atoms with Crippen molar-refractivity contribution in [2.75, 3.05) is 5.75 Å². The van der Waals surface area contributed by atoms with E-state index in [1.165, 1.54) is 17.8 Å². The number of carbonyl (C=O) groups is 1. The first-order valence-corrected chi connectivity index (χ1v) is 8.64. The number of nitrogens with zero attached hydrogens (tertiary/aromatic N) is 2. The lowest BCUT2D eigenvalue weighted by Gasteiger charge is -2.13. The van der Waals surface area contributed by atoms with E-state index in [-0.39, 0.29) is 17.0 Å². The van der Waals surface area contributed by atoms with Gasteiger partial charge in [-0.15, -0.1) is 0 Å². The molecule has 1 aromatic heterocycles. The summed E-state index contributed by atoms with van der Waals surface area (Å²) in [5, 5.41) is 9.51. The van der Waals surface area contributed by atoms with Crippen molar-refractivity contribution in [2.45, 2.75) is 31.5 Å². The van der Waals surface area contributed by atoms with Gasteiger partial charge in [-0.3, -0.25) is 4.79 Å². The van der Waals surface area contributed by atoms with Gasteiger partial charge in [0.1, 0.15) is 5.82 Å². The Morgan fingerprint density at radius 3 is 2.90 bits per heavy atom. The number of aromatic nitrogens is 2. The van der Waals surface area contributed by atoms with Crippen LogP contribution in [0.5, 0.6) is 0 Å². The Bertz CT molecular complexity index is 727. The van der Waals surface area contributed by atoms with Crippen molar-refractivity contribution in [3.63, 3.8) is 0 Å². The van der Waals surface area contributed by atoms with Crippen LogP contribution in [0.15, 0.2) is 17.3 Å². The summed E-state index contributed by atoms with van der Waals surface area (Å²) in [6.07, 6.45) is 2.28. The zero-order chi connectivity index (χ0) is 15.2. The molecule has 1 N–H and O–H groups in total. The standard InChI is InChI=1S/C14H14FIN2O2S/c1-14(2-3-14)7-18-11-4-8(15)9(16)5-10(11)17-13(18)21-6-12(19)20/h4-5H,2-3,6-7H2,1H3,(H,19,20). The number of halogens is 2. The summed E-state index contributed by atoms with van der Waals surface area (Å²) in [6, 6.07) is 3.21. The Balaban J connectivity index is 2.06. The molecule has 0 spiro atoms. The predicted octanol–water partition coefficient (Wildman–Crippen LogP) is 3.76. The van der Waals surface area contributed by atoms with E-state index in [1.54, 1.807) is 6.07 Å². The van der Waals surface area contributed by atoms with Crippen molar-refractivity contribution in [3.8, 4) is 0 Å². The van der Waals surface area contributed by atoms with Crippen LogP contribution in [0.2, 0.25) is 0 Å². The largest absolute Gasteiger partial charge is 0.481 e. The van der Waals surface area contributed by atoms with Gasteiger partial charge in [0.15, 0.2) is 5.16 Å². The molecule has 3 rings (SSSR count). The highest BCUT2D eigenvalue weighted by molar-refractivity contribution is 14.1. The number of thioether (sulfide) groups is 1. The van der Waals surface area contributed by atoms with Gasteiger partial charge in [-0.25, -0.2) is 9.37 Å². The van der Waals surface area contributed by atoms with E-state index in [9.17, 15) is 9.18 Å².